The molecule has 10 aromatic rings. The zero-order valence-corrected chi connectivity index (χ0v) is 71.1. The van der Waals surface area contributed by atoms with Gasteiger partial charge in [0.1, 0.15) is 34.5 Å². The van der Waals surface area contributed by atoms with Crippen LogP contribution >= 0.6 is 0 Å². The van der Waals surface area contributed by atoms with Crippen molar-refractivity contribution in [2.75, 3.05) is 39.6 Å². The molecule has 0 aliphatic heterocycles. The van der Waals surface area contributed by atoms with Crippen molar-refractivity contribution in [3.8, 4) is 69.0 Å². The second-order valence-electron chi connectivity index (χ2n) is 30.6. The molecule has 636 valence electrons. The Morgan fingerprint density at radius 3 is 0.467 bits per heavy atom. The van der Waals surface area contributed by atoms with Crippen LogP contribution < -0.4 is 56.8 Å². The summed E-state index contributed by atoms with van der Waals surface area (Å²) in [7, 11) is 0. The first-order valence-electron chi connectivity index (χ1n) is 44.0. The van der Waals surface area contributed by atoms with E-state index in [1.54, 1.807) is 146 Å². The van der Waals surface area contributed by atoms with Gasteiger partial charge >= 0.3 is 35.8 Å². The number of carbonyl (C=O) groups excluding carboxylic acids is 6. The first-order valence-corrected chi connectivity index (χ1v) is 44.0. The summed E-state index contributed by atoms with van der Waals surface area (Å²) in [4.78, 5) is 90.3. The van der Waals surface area contributed by atoms with E-state index < -0.39 is 35.8 Å². The van der Waals surface area contributed by atoms with Gasteiger partial charge in [-0.05, 0) is 216 Å². The van der Waals surface area contributed by atoms with E-state index in [2.05, 4.69) is 41.5 Å². The topological polar surface area (TPSA) is 213 Å². The van der Waals surface area contributed by atoms with E-state index in [9.17, 15) is 0 Å². The Morgan fingerprint density at radius 1 is 0.183 bits per heavy atom. The summed E-state index contributed by atoms with van der Waals surface area (Å²) < 4.78 is 76.1. The molecule has 0 amide bonds. The second kappa shape index (κ2) is 49.9. The maximum absolute atomic E-state index is 15.1. The molecule has 0 aliphatic carbocycles. The van der Waals surface area contributed by atoms with Crippen molar-refractivity contribution in [1.29, 1.82) is 0 Å². The number of fused-ring (bicyclic) bond motifs is 6. The average Bonchev–Trinajstić information content (AvgIpc) is 0.721. The number of hydrogen-bond donors (Lipinski definition) is 0. The van der Waals surface area contributed by atoms with Crippen LogP contribution in [-0.2, 0) is 0 Å². The van der Waals surface area contributed by atoms with Crippen LogP contribution in [0.15, 0.2) is 182 Å². The average molecular weight is 1630 g/mol. The predicted molar refractivity (Wildman–Crippen MR) is 473 cm³/mol. The van der Waals surface area contributed by atoms with Crippen molar-refractivity contribution in [3.63, 3.8) is 0 Å². The summed E-state index contributed by atoms with van der Waals surface area (Å²) in [6, 6.07) is 48.9. The first kappa shape index (κ1) is 90.9. The van der Waals surface area contributed by atoms with E-state index in [0.29, 0.717) is 74.1 Å². The number of unbranched alkanes of at least 4 members (excludes halogenated alkanes) is 24. The summed E-state index contributed by atoms with van der Waals surface area (Å²) in [6.07, 6.45) is 30.5. The van der Waals surface area contributed by atoms with Crippen molar-refractivity contribution in [2.24, 2.45) is 0 Å². The fraction of sp³-hybridized carbons (Fsp3) is 0.412. The van der Waals surface area contributed by atoms with Crippen LogP contribution in [0, 0.1) is 0 Å². The normalized spacial score (nSPS) is 11.2. The van der Waals surface area contributed by atoms with Crippen LogP contribution in [0.2, 0.25) is 0 Å². The molecule has 0 fully saturated rings. The quantitative estimate of drug-likeness (QED) is 0.0150. The maximum Gasteiger partial charge on any atom is 0.343 e. The molecule has 0 aromatic heterocycles. The summed E-state index contributed by atoms with van der Waals surface area (Å²) in [6.45, 7) is 15.5. The molecule has 10 aromatic carbocycles. The fourth-order valence-corrected chi connectivity index (χ4v) is 14.1. The summed E-state index contributed by atoms with van der Waals surface area (Å²) in [5.74, 6) is -3.77. The molecule has 0 heterocycles. The zero-order valence-electron chi connectivity index (χ0n) is 71.1. The summed E-state index contributed by atoms with van der Waals surface area (Å²) in [5.41, 5.74) is 0.697. The van der Waals surface area contributed by atoms with Gasteiger partial charge in [-0.2, -0.15) is 0 Å². The molecule has 120 heavy (non-hydrogen) atoms. The Morgan fingerprint density at radius 2 is 0.325 bits per heavy atom. The molecule has 0 bridgehead atoms. The Bertz CT molecular complexity index is 4140. The minimum absolute atomic E-state index is 0.116. The predicted octanol–water partition coefficient (Wildman–Crippen LogP) is 26.6. The third-order valence-corrected chi connectivity index (χ3v) is 20.9. The lowest BCUT2D eigenvalue weighted by Gasteiger charge is -2.19. The van der Waals surface area contributed by atoms with Crippen molar-refractivity contribution < 1.29 is 85.6 Å². The molecule has 0 saturated carbocycles. The monoisotopic (exact) mass is 1630 g/mol. The molecule has 18 nitrogen and oxygen atoms in total. The lowest BCUT2D eigenvalue weighted by molar-refractivity contribution is 0.0682. The van der Waals surface area contributed by atoms with Gasteiger partial charge in [-0.15, -0.1) is 0 Å². The number of esters is 6. The van der Waals surface area contributed by atoms with Gasteiger partial charge in [0.05, 0.1) is 73.0 Å². The Labute approximate surface area is 708 Å². The first-order chi connectivity index (χ1) is 58.8. The van der Waals surface area contributed by atoms with Gasteiger partial charge in [0.15, 0.2) is 34.5 Å². The molecule has 0 saturated heterocycles. The van der Waals surface area contributed by atoms with Gasteiger partial charge in [0, 0.05) is 0 Å². The highest BCUT2D eigenvalue weighted by Crippen LogP contribution is 2.48. The Kier molecular flexibility index (Phi) is 37.8. The van der Waals surface area contributed by atoms with Gasteiger partial charge < -0.3 is 56.8 Å². The smallest absolute Gasteiger partial charge is 0.343 e. The van der Waals surface area contributed by atoms with Crippen LogP contribution in [0.25, 0.3) is 32.3 Å². The van der Waals surface area contributed by atoms with Crippen LogP contribution in [-0.4, -0.2) is 75.5 Å². The number of hydrogen-bond acceptors (Lipinski definition) is 18. The highest BCUT2D eigenvalue weighted by atomic mass is 16.6. The molecular formula is C102H120O18. The maximum atomic E-state index is 15.1. The van der Waals surface area contributed by atoms with E-state index in [-0.39, 0.29) is 100 Å². The number of benzene rings is 10. The number of ether oxygens (including phenoxy) is 12. The number of rotatable bonds is 54. The van der Waals surface area contributed by atoms with Gasteiger partial charge in [-0.1, -0.05) is 232 Å². The lowest BCUT2D eigenvalue weighted by atomic mass is 9.93. The molecule has 0 unspecified atom stereocenters. The second-order valence-corrected chi connectivity index (χ2v) is 30.6. The zero-order chi connectivity index (χ0) is 84.5. The van der Waals surface area contributed by atoms with E-state index in [0.717, 1.165) is 193 Å². The summed E-state index contributed by atoms with van der Waals surface area (Å²) >= 11 is 0. The fourth-order valence-electron chi connectivity index (χ4n) is 14.1. The largest absolute Gasteiger partial charge is 0.494 e. The van der Waals surface area contributed by atoms with Crippen molar-refractivity contribution in [3.05, 3.63) is 215 Å². The SMILES string of the molecule is CCCCCCCOc1cccc(C(=O)Oc2cc3c4cc(OC(=O)c5cccc(OCCCCCCC)c5)c(OC(=O)c5cccc(OCCCCCCC)c5)cc4c4cc(OC(=O)c5cccc(OCCCCCCC)c5)c(OC(=O)c5cccc(OCCCCCCC)c5)cc4c3cc2OC(=O)c2cccc(OCCCCCCC)c2)c1. The van der Waals surface area contributed by atoms with Gasteiger partial charge in [-0.25, -0.2) is 28.8 Å². The van der Waals surface area contributed by atoms with E-state index >= 15 is 28.8 Å². The third kappa shape index (κ3) is 28.4. The van der Waals surface area contributed by atoms with E-state index in [1.807, 2.05) is 0 Å². The number of carbonyl (C=O) groups is 6. The minimum atomic E-state index is -0.839. The van der Waals surface area contributed by atoms with Crippen LogP contribution in [0.5, 0.6) is 69.0 Å². The minimum Gasteiger partial charge on any atom is -0.494 e. The van der Waals surface area contributed by atoms with Crippen LogP contribution in [0.3, 0.4) is 0 Å². The van der Waals surface area contributed by atoms with Gasteiger partial charge in [0.2, 0.25) is 0 Å². The highest BCUT2D eigenvalue weighted by molar-refractivity contribution is 6.27. The molecule has 18 heteroatoms. The van der Waals surface area contributed by atoms with Gasteiger partial charge in [0.25, 0.3) is 0 Å². The van der Waals surface area contributed by atoms with Crippen LogP contribution in [0.4, 0.5) is 0 Å². The van der Waals surface area contributed by atoms with Crippen molar-refractivity contribution >= 4 is 68.1 Å². The van der Waals surface area contributed by atoms with Gasteiger partial charge in [-0.3, -0.25) is 0 Å². The molecule has 0 aliphatic rings. The standard InChI is InChI=1S/C102H120O18/c1-7-13-19-25-31-55-109-79-49-37-43-73(61-79)97(103)115-91-67-85-86(68-92(91)116-98(104)74-44-38-50-80(62-74)110-56-32-26-20-14-8-2)88-70-94(118-100(106)76-46-40-52-82(64-76)112-58-34-28-22-16-10-4)96(120-102(108)78-48-42-54-84(66-78)114-60-36-30-24-18-12-6)72-90(88)89-71-95(119-101(107)77-47-41-53-83(65-77)113-59-35-29-23-17-11-5)93(69-87(85)89)117-99(105)75-45-39-51-81(63-75)111-57-33-27-21-15-9-3/h37-54,61-72H,7-36,55-60H2,1-6H3. The molecule has 10 rings (SSSR count). The van der Waals surface area contributed by atoms with E-state index in [1.165, 1.54) is 36.4 Å². The molecule has 0 N–H and O–H groups in total. The van der Waals surface area contributed by atoms with E-state index in [4.69, 9.17) is 56.8 Å². The third-order valence-electron chi connectivity index (χ3n) is 20.9. The molecule has 0 spiro atoms. The Hall–Kier alpha value is -11.4. The summed E-state index contributed by atoms with van der Waals surface area (Å²) in [5, 5.41) is 1.68. The molecule has 0 radical (unpaired) electrons. The van der Waals surface area contributed by atoms with Crippen molar-refractivity contribution in [2.45, 2.75) is 234 Å². The molecule has 0 atom stereocenters. The Balaban J connectivity index is 1.19. The lowest BCUT2D eigenvalue weighted by Crippen LogP contribution is -2.14. The van der Waals surface area contributed by atoms with Crippen LogP contribution in [0.1, 0.15) is 296 Å². The highest BCUT2D eigenvalue weighted by Gasteiger charge is 2.28. The molecular weight excluding hydrogens is 1510 g/mol. The van der Waals surface area contributed by atoms with Crippen molar-refractivity contribution in [1.82, 2.24) is 0 Å².